The number of carboxylic acids is 1. The maximum Gasteiger partial charge on any atom is 0.337 e. The van der Waals surface area contributed by atoms with Crippen molar-refractivity contribution in [3.63, 3.8) is 0 Å². The predicted octanol–water partition coefficient (Wildman–Crippen LogP) is 5.39. The molecule has 3 aromatic carbocycles. The first-order valence-electron chi connectivity index (χ1n) is 10.1. The molecular formula is C24H22N2O6. The Hall–Kier alpha value is -4.20. The smallest absolute Gasteiger partial charge is 0.337 e. The van der Waals surface area contributed by atoms with Crippen molar-refractivity contribution in [2.75, 3.05) is 11.9 Å². The first kappa shape index (κ1) is 22.5. The average Bonchev–Trinajstić information content (AvgIpc) is 2.79. The number of non-ortho nitro benzene ring substituents is 1. The number of carbonyl (C=O) groups excluding carboxylic acids is 1. The fourth-order valence-corrected chi connectivity index (χ4v) is 3.10. The van der Waals surface area contributed by atoms with Crippen LogP contribution in [-0.2, 0) is 0 Å². The summed E-state index contributed by atoms with van der Waals surface area (Å²) in [5, 5.41) is 23.4. The van der Waals surface area contributed by atoms with Gasteiger partial charge in [-0.25, -0.2) is 4.79 Å². The maximum absolute atomic E-state index is 13.1. The highest BCUT2D eigenvalue weighted by Gasteiger charge is 2.21. The highest BCUT2D eigenvalue weighted by Crippen LogP contribution is 2.29. The summed E-state index contributed by atoms with van der Waals surface area (Å²) in [5.74, 6) is -1.72. The minimum absolute atomic E-state index is 0.0447. The Morgan fingerprint density at radius 3 is 2.41 bits per heavy atom. The molecule has 0 radical (unpaired) electrons. The number of carboxylic acid groups (broad SMARTS) is 1. The Balaban J connectivity index is 1.99. The van der Waals surface area contributed by atoms with Gasteiger partial charge in [0.05, 0.1) is 28.3 Å². The zero-order chi connectivity index (χ0) is 23.1. The van der Waals surface area contributed by atoms with Gasteiger partial charge in [-0.3, -0.25) is 14.9 Å². The summed E-state index contributed by atoms with van der Waals surface area (Å²) >= 11 is 0. The van der Waals surface area contributed by atoms with E-state index in [4.69, 9.17) is 4.74 Å². The number of amides is 1. The SMILES string of the molecule is CCCCOc1ccc([N+](=O)[O-])cc1C(=O)Nc1cc(-c2ccccc2)ccc1C(=O)O. The van der Waals surface area contributed by atoms with Gasteiger partial charge in [0, 0.05) is 12.1 Å². The van der Waals surface area contributed by atoms with Crippen LogP contribution in [0.2, 0.25) is 0 Å². The summed E-state index contributed by atoms with van der Waals surface area (Å²) in [6.45, 7) is 2.33. The van der Waals surface area contributed by atoms with E-state index < -0.39 is 16.8 Å². The lowest BCUT2D eigenvalue weighted by molar-refractivity contribution is -0.384. The van der Waals surface area contributed by atoms with Crippen molar-refractivity contribution in [2.45, 2.75) is 19.8 Å². The molecule has 8 nitrogen and oxygen atoms in total. The fourth-order valence-electron chi connectivity index (χ4n) is 3.10. The van der Waals surface area contributed by atoms with Crippen LogP contribution in [0.25, 0.3) is 11.1 Å². The number of nitro benzene ring substituents is 1. The highest BCUT2D eigenvalue weighted by atomic mass is 16.6. The second kappa shape index (κ2) is 10.2. The number of nitro groups is 1. The quantitative estimate of drug-likeness (QED) is 0.265. The molecule has 164 valence electrons. The first-order chi connectivity index (χ1) is 15.4. The molecule has 0 unspecified atom stereocenters. The summed E-state index contributed by atoms with van der Waals surface area (Å²) in [4.78, 5) is 35.4. The normalized spacial score (nSPS) is 10.4. The van der Waals surface area contributed by atoms with E-state index in [1.54, 1.807) is 12.1 Å². The van der Waals surface area contributed by atoms with E-state index >= 15 is 0 Å². The van der Waals surface area contributed by atoms with Crippen LogP contribution in [0.3, 0.4) is 0 Å². The topological polar surface area (TPSA) is 119 Å². The number of benzene rings is 3. The molecule has 8 heteroatoms. The van der Waals surface area contributed by atoms with Crippen molar-refractivity contribution < 1.29 is 24.4 Å². The zero-order valence-electron chi connectivity index (χ0n) is 17.4. The van der Waals surface area contributed by atoms with Gasteiger partial charge in [0.15, 0.2) is 0 Å². The van der Waals surface area contributed by atoms with Crippen molar-refractivity contribution in [1.82, 2.24) is 0 Å². The average molecular weight is 434 g/mol. The van der Waals surface area contributed by atoms with Crippen LogP contribution >= 0.6 is 0 Å². The van der Waals surface area contributed by atoms with Gasteiger partial charge in [-0.1, -0.05) is 49.7 Å². The number of unbranched alkanes of at least 4 members (excludes halogenated alkanes) is 1. The molecule has 3 aromatic rings. The molecule has 0 spiro atoms. The number of nitrogens with zero attached hydrogens (tertiary/aromatic N) is 1. The maximum atomic E-state index is 13.1. The molecule has 32 heavy (non-hydrogen) atoms. The minimum atomic E-state index is -1.21. The Kier molecular flexibility index (Phi) is 7.17. The lowest BCUT2D eigenvalue weighted by Crippen LogP contribution is -2.16. The predicted molar refractivity (Wildman–Crippen MR) is 120 cm³/mol. The molecule has 0 aromatic heterocycles. The van der Waals surface area contributed by atoms with Crippen molar-refractivity contribution >= 4 is 23.3 Å². The van der Waals surface area contributed by atoms with Gasteiger partial charge in [-0.05, 0) is 35.7 Å². The summed E-state index contributed by atoms with van der Waals surface area (Å²) in [6.07, 6.45) is 1.63. The largest absolute Gasteiger partial charge is 0.493 e. The molecule has 0 atom stereocenters. The van der Waals surface area contributed by atoms with Gasteiger partial charge in [0.1, 0.15) is 5.75 Å². The summed E-state index contributed by atoms with van der Waals surface area (Å²) in [7, 11) is 0. The minimum Gasteiger partial charge on any atom is -0.493 e. The molecule has 3 rings (SSSR count). The molecule has 0 saturated carbocycles. The van der Waals surface area contributed by atoms with Gasteiger partial charge in [0.2, 0.25) is 0 Å². The molecule has 0 fully saturated rings. The number of anilines is 1. The lowest BCUT2D eigenvalue weighted by atomic mass is 10.0. The molecule has 0 heterocycles. The third-order valence-electron chi connectivity index (χ3n) is 4.78. The number of carbonyl (C=O) groups is 2. The van der Waals surface area contributed by atoms with E-state index in [0.717, 1.165) is 24.5 Å². The molecule has 2 N–H and O–H groups in total. The summed E-state index contributed by atoms with van der Waals surface area (Å²) < 4.78 is 5.64. The fraction of sp³-hybridized carbons (Fsp3) is 0.167. The Labute approximate surface area is 184 Å². The number of hydrogen-bond acceptors (Lipinski definition) is 5. The van der Waals surface area contributed by atoms with Crippen LogP contribution in [-0.4, -0.2) is 28.5 Å². The second-order valence-corrected chi connectivity index (χ2v) is 7.03. The molecule has 0 bridgehead atoms. The van der Waals surface area contributed by atoms with E-state index in [0.29, 0.717) is 12.2 Å². The first-order valence-corrected chi connectivity index (χ1v) is 10.1. The monoisotopic (exact) mass is 434 g/mol. The number of nitrogens with one attached hydrogen (secondary N) is 1. The molecule has 0 aliphatic heterocycles. The lowest BCUT2D eigenvalue weighted by Gasteiger charge is -2.14. The van der Waals surface area contributed by atoms with Gasteiger partial charge in [0.25, 0.3) is 11.6 Å². The highest BCUT2D eigenvalue weighted by molar-refractivity contribution is 6.09. The molecule has 0 aliphatic carbocycles. The second-order valence-electron chi connectivity index (χ2n) is 7.03. The van der Waals surface area contributed by atoms with Crippen molar-refractivity contribution in [3.05, 3.63) is 88.0 Å². The van der Waals surface area contributed by atoms with Gasteiger partial charge < -0.3 is 15.2 Å². The van der Waals surface area contributed by atoms with Crippen LogP contribution < -0.4 is 10.1 Å². The van der Waals surface area contributed by atoms with Crippen LogP contribution in [0, 0.1) is 10.1 Å². The van der Waals surface area contributed by atoms with E-state index in [1.165, 1.54) is 18.2 Å². The third kappa shape index (κ3) is 5.28. The van der Waals surface area contributed by atoms with Gasteiger partial charge in [-0.15, -0.1) is 0 Å². The third-order valence-corrected chi connectivity index (χ3v) is 4.78. The van der Waals surface area contributed by atoms with Gasteiger partial charge in [-0.2, -0.15) is 0 Å². The molecule has 0 saturated heterocycles. The Morgan fingerprint density at radius 1 is 1.00 bits per heavy atom. The number of aromatic carboxylic acids is 1. The van der Waals surface area contributed by atoms with Crippen LogP contribution in [0.5, 0.6) is 5.75 Å². The van der Waals surface area contributed by atoms with E-state index in [2.05, 4.69) is 5.32 Å². The Bertz CT molecular complexity index is 1140. The van der Waals surface area contributed by atoms with Crippen LogP contribution in [0.15, 0.2) is 66.7 Å². The number of ether oxygens (including phenoxy) is 1. The summed E-state index contributed by atoms with van der Waals surface area (Å²) in [5.41, 5.74) is 1.22. The van der Waals surface area contributed by atoms with Crippen molar-refractivity contribution in [2.24, 2.45) is 0 Å². The molecule has 0 aliphatic rings. The van der Waals surface area contributed by atoms with Crippen LogP contribution in [0.1, 0.15) is 40.5 Å². The standard InChI is InChI=1S/C24H22N2O6/c1-2-3-13-32-22-12-10-18(26(30)31)15-20(22)23(27)25-21-14-17(9-11-19(21)24(28)29)16-7-5-4-6-8-16/h4-12,14-15H,2-3,13H2,1H3,(H,25,27)(H,28,29). The number of rotatable bonds is 9. The molecular weight excluding hydrogens is 412 g/mol. The Morgan fingerprint density at radius 2 is 1.75 bits per heavy atom. The molecule has 1 amide bonds. The number of hydrogen-bond donors (Lipinski definition) is 2. The van der Waals surface area contributed by atoms with E-state index in [-0.39, 0.29) is 28.3 Å². The van der Waals surface area contributed by atoms with Crippen molar-refractivity contribution in [3.8, 4) is 16.9 Å². The van der Waals surface area contributed by atoms with Crippen molar-refractivity contribution in [1.29, 1.82) is 0 Å². The van der Waals surface area contributed by atoms with E-state index in [1.807, 2.05) is 37.3 Å². The zero-order valence-corrected chi connectivity index (χ0v) is 17.4. The van der Waals surface area contributed by atoms with Crippen LogP contribution in [0.4, 0.5) is 11.4 Å². The van der Waals surface area contributed by atoms with E-state index in [9.17, 15) is 24.8 Å². The van der Waals surface area contributed by atoms with Gasteiger partial charge >= 0.3 is 5.97 Å². The summed E-state index contributed by atoms with van der Waals surface area (Å²) in [6, 6.07) is 17.7.